The molecule has 7 heteroatoms. The summed E-state index contributed by atoms with van der Waals surface area (Å²) in [5, 5.41) is 3.88. The molecule has 4 rings (SSSR count). The topological polar surface area (TPSA) is 81.6 Å². The van der Waals surface area contributed by atoms with E-state index in [0.29, 0.717) is 17.2 Å². The first-order chi connectivity index (χ1) is 15.1. The highest BCUT2D eigenvalue weighted by Crippen LogP contribution is 2.20. The Hall–Kier alpha value is -4.13. The lowest BCUT2D eigenvalue weighted by molar-refractivity contribution is 0.0923. The summed E-state index contributed by atoms with van der Waals surface area (Å²) in [5.41, 5.74) is 6.49. The molecule has 3 heterocycles. The van der Waals surface area contributed by atoms with Gasteiger partial charge in [-0.2, -0.15) is 5.10 Å². The number of carbonyl (C=O) groups excluding carboxylic acids is 1. The van der Waals surface area contributed by atoms with Gasteiger partial charge < -0.3 is 13.7 Å². The van der Waals surface area contributed by atoms with Crippen molar-refractivity contribution in [1.29, 1.82) is 0 Å². The van der Waals surface area contributed by atoms with E-state index in [1.54, 1.807) is 30.5 Å². The van der Waals surface area contributed by atoms with Gasteiger partial charge in [0.15, 0.2) is 5.76 Å². The van der Waals surface area contributed by atoms with Gasteiger partial charge in [0, 0.05) is 23.3 Å². The number of aromatic nitrogens is 2. The van der Waals surface area contributed by atoms with Crippen LogP contribution in [0.15, 0.2) is 82.4 Å². The number of pyridine rings is 1. The highest BCUT2D eigenvalue weighted by Gasteiger charge is 2.11. The van der Waals surface area contributed by atoms with E-state index in [1.165, 1.54) is 17.6 Å². The average molecular weight is 414 g/mol. The molecule has 0 aliphatic rings. The third-order valence-corrected chi connectivity index (χ3v) is 4.68. The maximum atomic E-state index is 12.1. The van der Waals surface area contributed by atoms with E-state index in [0.717, 1.165) is 5.69 Å². The third-order valence-electron chi connectivity index (χ3n) is 4.68. The summed E-state index contributed by atoms with van der Waals surface area (Å²) < 4.78 is 13.5. The van der Waals surface area contributed by atoms with Crippen LogP contribution in [-0.4, -0.2) is 21.7 Å². The SMILES string of the molecule is Cc1ccc(C)n1-c1ccc(OCc2ccc(C(=O)NN=Cc3ccccn3)o2)cc1. The minimum Gasteiger partial charge on any atom is -0.486 e. The highest BCUT2D eigenvalue weighted by atomic mass is 16.5. The average Bonchev–Trinajstić information content (AvgIpc) is 3.40. The van der Waals surface area contributed by atoms with Gasteiger partial charge in [-0.1, -0.05) is 6.07 Å². The molecule has 4 aromatic rings. The molecule has 0 saturated heterocycles. The Morgan fingerprint density at radius 1 is 1.06 bits per heavy atom. The van der Waals surface area contributed by atoms with Crippen molar-refractivity contribution in [2.75, 3.05) is 0 Å². The number of amides is 1. The van der Waals surface area contributed by atoms with Crippen LogP contribution in [0.1, 0.15) is 33.4 Å². The second-order valence-electron chi connectivity index (χ2n) is 6.95. The van der Waals surface area contributed by atoms with E-state index in [4.69, 9.17) is 9.15 Å². The van der Waals surface area contributed by atoms with Gasteiger partial charge in [-0.3, -0.25) is 9.78 Å². The summed E-state index contributed by atoms with van der Waals surface area (Å²) in [6.45, 7) is 4.36. The molecule has 0 atom stereocenters. The molecule has 0 unspecified atom stereocenters. The number of ether oxygens (including phenoxy) is 1. The van der Waals surface area contributed by atoms with Crippen LogP contribution in [0.25, 0.3) is 5.69 Å². The fourth-order valence-electron chi connectivity index (χ4n) is 3.16. The number of furan rings is 1. The molecule has 156 valence electrons. The second kappa shape index (κ2) is 9.13. The Kier molecular flexibility index (Phi) is 5.93. The minimum absolute atomic E-state index is 0.158. The normalized spacial score (nSPS) is 11.0. The molecular weight excluding hydrogens is 392 g/mol. The Labute approximate surface area is 180 Å². The number of aryl methyl sites for hydroxylation is 2. The summed E-state index contributed by atoms with van der Waals surface area (Å²) in [5.74, 6) is 0.972. The zero-order valence-electron chi connectivity index (χ0n) is 17.3. The minimum atomic E-state index is -0.444. The molecule has 0 aliphatic heterocycles. The van der Waals surface area contributed by atoms with Crippen LogP contribution in [0.3, 0.4) is 0 Å². The van der Waals surface area contributed by atoms with Crippen LogP contribution in [-0.2, 0) is 6.61 Å². The standard InChI is InChI=1S/C24H22N4O3/c1-17-6-7-18(2)28(17)20-8-10-21(11-9-20)30-16-22-12-13-23(31-22)24(29)27-26-15-19-5-3-4-14-25-19/h3-15H,16H2,1-2H3,(H,27,29). The van der Waals surface area contributed by atoms with Gasteiger partial charge in [-0.05, 0) is 74.5 Å². The van der Waals surface area contributed by atoms with E-state index in [1.807, 2.05) is 30.3 Å². The molecule has 3 aromatic heterocycles. The van der Waals surface area contributed by atoms with Crippen LogP contribution in [0.5, 0.6) is 5.75 Å². The Bertz CT molecular complexity index is 1170. The molecule has 0 aliphatic carbocycles. The number of carbonyl (C=O) groups is 1. The number of nitrogens with one attached hydrogen (secondary N) is 1. The third kappa shape index (κ3) is 4.90. The van der Waals surface area contributed by atoms with E-state index in [-0.39, 0.29) is 12.4 Å². The fraction of sp³-hybridized carbons (Fsp3) is 0.125. The first-order valence-corrected chi connectivity index (χ1v) is 9.81. The molecule has 1 aromatic carbocycles. The molecule has 1 N–H and O–H groups in total. The second-order valence-corrected chi connectivity index (χ2v) is 6.95. The monoisotopic (exact) mass is 414 g/mol. The summed E-state index contributed by atoms with van der Waals surface area (Å²) in [6, 6.07) is 20.8. The molecule has 7 nitrogen and oxygen atoms in total. The molecule has 0 spiro atoms. The molecule has 31 heavy (non-hydrogen) atoms. The van der Waals surface area contributed by atoms with Crippen molar-refractivity contribution in [3.8, 4) is 11.4 Å². The van der Waals surface area contributed by atoms with Crippen molar-refractivity contribution in [3.63, 3.8) is 0 Å². The van der Waals surface area contributed by atoms with Gasteiger partial charge in [0.25, 0.3) is 0 Å². The van der Waals surface area contributed by atoms with Gasteiger partial charge in [0.05, 0.1) is 11.9 Å². The summed E-state index contributed by atoms with van der Waals surface area (Å²) in [7, 11) is 0. The highest BCUT2D eigenvalue weighted by molar-refractivity contribution is 5.92. The van der Waals surface area contributed by atoms with Crippen molar-refractivity contribution >= 4 is 12.1 Å². The van der Waals surface area contributed by atoms with Gasteiger partial charge in [0.2, 0.25) is 0 Å². The summed E-state index contributed by atoms with van der Waals surface area (Å²) >= 11 is 0. The first-order valence-electron chi connectivity index (χ1n) is 9.81. The van der Waals surface area contributed by atoms with E-state index in [2.05, 4.69) is 46.1 Å². The van der Waals surface area contributed by atoms with Gasteiger partial charge >= 0.3 is 5.91 Å². The van der Waals surface area contributed by atoms with E-state index < -0.39 is 5.91 Å². The number of rotatable bonds is 7. The van der Waals surface area contributed by atoms with Crippen molar-refractivity contribution < 1.29 is 13.9 Å². The maximum Gasteiger partial charge on any atom is 0.307 e. The molecule has 0 saturated carbocycles. The molecule has 1 amide bonds. The maximum absolute atomic E-state index is 12.1. The quantitative estimate of drug-likeness (QED) is 0.358. The Morgan fingerprint density at radius 3 is 2.55 bits per heavy atom. The van der Waals surface area contributed by atoms with Crippen molar-refractivity contribution in [2.24, 2.45) is 5.10 Å². The summed E-state index contributed by atoms with van der Waals surface area (Å²) in [4.78, 5) is 16.2. The van der Waals surface area contributed by atoms with Gasteiger partial charge in [-0.15, -0.1) is 0 Å². The van der Waals surface area contributed by atoms with Crippen LogP contribution in [0.2, 0.25) is 0 Å². The van der Waals surface area contributed by atoms with Crippen LogP contribution in [0.4, 0.5) is 0 Å². The zero-order valence-corrected chi connectivity index (χ0v) is 17.3. The summed E-state index contributed by atoms with van der Waals surface area (Å²) in [6.07, 6.45) is 3.11. The number of hydrazone groups is 1. The van der Waals surface area contributed by atoms with Crippen LogP contribution >= 0.6 is 0 Å². The fourth-order valence-corrected chi connectivity index (χ4v) is 3.16. The number of hydrogen-bond acceptors (Lipinski definition) is 5. The first kappa shape index (κ1) is 20.2. The molecule has 0 radical (unpaired) electrons. The largest absolute Gasteiger partial charge is 0.486 e. The number of benzene rings is 1. The molecular formula is C24H22N4O3. The Balaban J connectivity index is 1.32. The van der Waals surface area contributed by atoms with E-state index in [9.17, 15) is 4.79 Å². The molecule has 0 bridgehead atoms. The molecule has 0 fully saturated rings. The smallest absolute Gasteiger partial charge is 0.307 e. The van der Waals surface area contributed by atoms with Crippen molar-refractivity contribution in [3.05, 3.63) is 102 Å². The lowest BCUT2D eigenvalue weighted by Crippen LogP contribution is -2.16. The lowest BCUT2D eigenvalue weighted by Gasteiger charge is -2.10. The zero-order chi connectivity index (χ0) is 21.6. The van der Waals surface area contributed by atoms with Crippen molar-refractivity contribution in [2.45, 2.75) is 20.5 Å². The van der Waals surface area contributed by atoms with Crippen LogP contribution < -0.4 is 10.2 Å². The van der Waals surface area contributed by atoms with Gasteiger partial charge in [0.1, 0.15) is 18.1 Å². The number of hydrogen-bond donors (Lipinski definition) is 1. The Morgan fingerprint density at radius 2 is 1.84 bits per heavy atom. The number of nitrogens with zero attached hydrogens (tertiary/aromatic N) is 3. The predicted molar refractivity (Wildman–Crippen MR) is 118 cm³/mol. The van der Waals surface area contributed by atoms with E-state index >= 15 is 0 Å². The lowest BCUT2D eigenvalue weighted by atomic mass is 10.3. The van der Waals surface area contributed by atoms with Gasteiger partial charge in [-0.25, -0.2) is 5.43 Å². The van der Waals surface area contributed by atoms with Crippen LogP contribution in [0, 0.1) is 13.8 Å². The van der Waals surface area contributed by atoms with Crippen molar-refractivity contribution in [1.82, 2.24) is 15.0 Å². The predicted octanol–water partition coefficient (Wildman–Crippen LogP) is 4.43.